The number of aliphatic imine (C=N–C) groups is 1. The van der Waals surface area contributed by atoms with Crippen LogP contribution in [0.4, 0.5) is 4.39 Å². The number of fused-ring (bicyclic) bond motifs is 1. The number of halogens is 1. The number of carbonyl (C=O) groups excluding carboxylic acids is 1. The van der Waals surface area contributed by atoms with E-state index in [1.807, 2.05) is 30.3 Å². The second-order valence-corrected chi connectivity index (χ2v) is 5.53. The second-order valence-electron chi connectivity index (χ2n) is 5.53. The molecule has 0 aromatic heterocycles. The van der Waals surface area contributed by atoms with Gasteiger partial charge in [-0.1, -0.05) is 30.3 Å². The summed E-state index contributed by atoms with van der Waals surface area (Å²) in [6, 6.07) is 9.56. The average molecular weight is 302 g/mol. The van der Waals surface area contributed by atoms with Gasteiger partial charge in [0.2, 0.25) is 0 Å². The first-order chi connectivity index (χ1) is 10.7. The predicted octanol–water partition coefficient (Wildman–Crippen LogP) is 2.58. The minimum absolute atomic E-state index is 0.0145. The summed E-state index contributed by atoms with van der Waals surface area (Å²) in [5.74, 6) is -0.618. The van der Waals surface area contributed by atoms with Crippen LogP contribution in [0, 0.1) is 5.92 Å². The number of nitrogens with zero attached hydrogens (tertiary/aromatic N) is 1. The molecular weight excluding hydrogens is 283 g/mol. The molecule has 0 saturated carbocycles. The van der Waals surface area contributed by atoms with Crippen LogP contribution in [0.15, 0.2) is 46.6 Å². The van der Waals surface area contributed by atoms with Gasteiger partial charge in [-0.15, -0.1) is 0 Å². The van der Waals surface area contributed by atoms with Crippen LogP contribution in [0.25, 0.3) is 0 Å². The topological polar surface area (TPSA) is 50.7 Å². The minimum Gasteiger partial charge on any atom is -0.462 e. The molecule has 2 aliphatic heterocycles. The smallest absolute Gasteiger partial charge is 0.341 e. The van der Waals surface area contributed by atoms with Gasteiger partial charge < -0.3 is 10.1 Å². The molecular formula is C17H19FN2O2. The van der Waals surface area contributed by atoms with Crippen molar-refractivity contribution in [1.29, 1.82) is 0 Å². The van der Waals surface area contributed by atoms with Crippen molar-refractivity contribution >= 4 is 12.2 Å². The van der Waals surface area contributed by atoms with Gasteiger partial charge in [0, 0.05) is 12.1 Å². The fourth-order valence-electron chi connectivity index (χ4n) is 3.08. The van der Waals surface area contributed by atoms with Gasteiger partial charge in [-0.25, -0.2) is 4.79 Å². The first-order valence-corrected chi connectivity index (χ1v) is 7.56. The van der Waals surface area contributed by atoms with Gasteiger partial charge in [-0.2, -0.15) is 0 Å². The number of benzene rings is 1. The van der Waals surface area contributed by atoms with E-state index in [1.54, 1.807) is 6.92 Å². The van der Waals surface area contributed by atoms with Gasteiger partial charge in [0.05, 0.1) is 36.6 Å². The molecule has 1 fully saturated rings. The summed E-state index contributed by atoms with van der Waals surface area (Å²) in [5.41, 5.74) is 2.20. The van der Waals surface area contributed by atoms with Crippen LogP contribution in [0.2, 0.25) is 0 Å². The molecule has 1 saturated heterocycles. The van der Waals surface area contributed by atoms with E-state index in [4.69, 9.17) is 4.74 Å². The average Bonchev–Trinajstić information content (AvgIpc) is 2.99. The van der Waals surface area contributed by atoms with Gasteiger partial charge >= 0.3 is 5.97 Å². The van der Waals surface area contributed by atoms with Crippen LogP contribution in [0.5, 0.6) is 0 Å². The number of rotatable bonds is 4. The summed E-state index contributed by atoms with van der Waals surface area (Å²) in [4.78, 5) is 16.4. The maximum absolute atomic E-state index is 13.4. The molecule has 0 amide bonds. The van der Waals surface area contributed by atoms with E-state index in [1.165, 1.54) is 6.21 Å². The number of carbonyl (C=O) groups is 1. The van der Waals surface area contributed by atoms with Gasteiger partial charge in [0.1, 0.15) is 0 Å². The Bertz CT molecular complexity index is 612. The summed E-state index contributed by atoms with van der Waals surface area (Å²) in [5, 5.41) is 3.37. The molecule has 4 nitrogen and oxygen atoms in total. The molecule has 3 atom stereocenters. The Morgan fingerprint density at radius 1 is 1.41 bits per heavy atom. The third-order valence-electron chi connectivity index (χ3n) is 4.16. The lowest BCUT2D eigenvalue weighted by Gasteiger charge is -2.35. The van der Waals surface area contributed by atoms with Crippen molar-refractivity contribution in [2.24, 2.45) is 10.9 Å². The molecule has 2 aliphatic rings. The number of ether oxygens (including phenoxy) is 1. The lowest BCUT2D eigenvalue weighted by molar-refractivity contribution is -0.137. The molecule has 2 heterocycles. The number of nitrogens with one attached hydrogen (secondary N) is 1. The summed E-state index contributed by atoms with van der Waals surface area (Å²) >= 11 is 0. The van der Waals surface area contributed by atoms with Gasteiger partial charge in [-0.3, -0.25) is 9.38 Å². The summed E-state index contributed by atoms with van der Waals surface area (Å²) < 4.78 is 18.5. The Balaban J connectivity index is 1.91. The summed E-state index contributed by atoms with van der Waals surface area (Å²) in [7, 11) is 0. The van der Waals surface area contributed by atoms with Crippen LogP contribution in [-0.2, 0) is 9.53 Å². The highest BCUT2D eigenvalue weighted by molar-refractivity contribution is 6.11. The SMILES string of the molecule is CCOC(=O)C1=C2NC(c3ccccc3)CC(CF)C2N=C1. The largest absolute Gasteiger partial charge is 0.462 e. The lowest BCUT2D eigenvalue weighted by Crippen LogP contribution is -2.40. The van der Waals surface area contributed by atoms with Gasteiger partial charge in [0.25, 0.3) is 0 Å². The molecule has 1 aromatic carbocycles. The molecule has 1 aromatic rings. The second kappa shape index (κ2) is 6.30. The Kier molecular flexibility index (Phi) is 4.22. The van der Waals surface area contributed by atoms with Crippen molar-refractivity contribution in [3.05, 3.63) is 47.2 Å². The molecule has 3 unspecified atom stereocenters. The van der Waals surface area contributed by atoms with E-state index in [0.717, 1.165) is 5.56 Å². The maximum atomic E-state index is 13.4. The molecule has 5 heteroatoms. The van der Waals surface area contributed by atoms with Crippen LogP contribution in [0.3, 0.4) is 0 Å². The quantitative estimate of drug-likeness (QED) is 0.870. The fourth-order valence-corrected chi connectivity index (χ4v) is 3.08. The normalized spacial score (nSPS) is 26.5. The third kappa shape index (κ3) is 2.63. The zero-order chi connectivity index (χ0) is 15.5. The molecule has 0 bridgehead atoms. The van der Waals surface area contributed by atoms with Crippen molar-refractivity contribution in [2.75, 3.05) is 13.3 Å². The highest BCUT2D eigenvalue weighted by atomic mass is 19.1. The van der Waals surface area contributed by atoms with Crippen molar-refractivity contribution in [2.45, 2.75) is 25.4 Å². The first kappa shape index (κ1) is 14.8. The monoisotopic (exact) mass is 302 g/mol. The third-order valence-corrected chi connectivity index (χ3v) is 4.16. The Labute approximate surface area is 129 Å². The Hall–Kier alpha value is -2.17. The van der Waals surface area contributed by atoms with Crippen LogP contribution in [-0.4, -0.2) is 31.5 Å². The molecule has 0 aliphatic carbocycles. The van der Waals surface area contributed by atoms with Crippen LogP contribution in [0.1, 0.15) is 24.9 Å². The number of alkyl halides is 1. The molecule has 0 radical (unpaired) electrons. The zero-order valence-electron chi connectivity index (χ0n) is 12.5. The molecule has 1 N–H and O–H groups in total. The first-order valence-electron chi connectivity index (χ1n) is 7.56. The number of hydrogen-bond acceptors (Lipinski definition) is 4. The highest BCUT2D eigenvalue weighted by Gasteiger charge is 2.39. The zero-order valence-corrected chi connectivity index (χ0v) is 12.5. The van der Waals surface area contributed by atoms with Crippen LogP contribution >= 0.6 is 0 Å². The summed E-state index contributed by atoms with van der Waals surface area (Å²) in [6.07, 6.45) is 2.17. The molecule has 0 spiro atoms. The van der Waals surface area contributed by atoms with E-state index < -0.39 is 12.6 Å². The van der Waals surface area contributed by atoms with Gasteiger partial charge in [0.15, 0.2) is 0 Å². The maximum Gasteiger partial charge on any atom is 0.341 e. The molecule has 22 heavy (non-hydrogen) atoms. The minimum atomic E-state index is -0.452. The molecule has 116 valence electrons. The van der Waals surface area contributed by atoms with E-state index in [9.17, 15) is 9.18 Å². The number of piperidine rings is 1. The Morgan fingerprint density at radius 2 is 2.18 bits per heavy atom. The van der Waals surface area contributed by atoms with E-state index in [0.29, 0.717) is 24.3 Å². The fraction of sp³-hybridized carbons (Fsp3) is 0.412. The van der Waals surface area contributed by atoms with E-state index in [-0.39, 0.29) is 18.0 Å². The lowest BCUT2D eigenvalue weighted by atomic mass is 9.84. The van der Waals surface area contributed by atoms with Gasteiger partial charge in [-0.05, 0) is 18.9 Å². The van der Waals surface area contributed by atoms with Crippen molar-refractivity contribution < 1.29 is 13.9 Å². The van der Waals surface area contributed by atoms with Crippen molar-refractivity contribution in [3.63, 3.8) is 0 Å². The van der Waals surface area contributed by atoms with E-state index in [2.05, 4.69) is 10.3 Å². The Morgan fingerprint density at radius 3 is 2.86 bits per heavy atom. The molecule has 3 rings (SSSR count). The highest BCUT2D eigenvalue weighted by Crippen LogP contribution is 2.37. The van der Waals surface area contributed by atoms with Crippen LogP contribution < -0.4 is 5.32 Å². The predicted molar refractivity (Wildman–Crippen MR) is 82.3 cm³/mol. The van der Waals surface area contributed by atoms with Crippen molar-refractivity contribution in [1.82, 2.24) is 5.32 Å². The van der Waals surface area contributed by atoms with E-state index >= 15 is 0 Å². The summed E-state index contributed by atoms with van der Waals surface area (Å²) in [6.45, 7) is 1.62. The number of hydrogen-bond donors (Lipinski definition) is 1. The number of esters is 1. The standard InChI is InChI=1S/C17H19FN2O2/c1-2-22-17(21)13-10-19-15-12(9-18)8-14(20-16(13)15)11-6-4-3-5-7-11/h3-7,10,12,14-15,20H,2,8-9H2,1H3. The van der Waals surface area contributed by atoms with Crippen molar-refractivity contribution in [3.8, 4) is 0 Å².